The molecule has 5 nitrogen and oxygen atoms in total. The fourth-order valence-corrected chi connectivity index (χ4v) is 5.80. The summed E-state index contributed by atoms with van der Waals surface area (Å²) in [7, 11) is -7.39. The maximum absolute atomic E-state index is 13.2. The Morgan fingerprint density at radius 2 is 1.80 bits per heavy atom. The summed E-state index contributed by atoms with van der Waals surface area (Å²) in [5, 5.41) is 1.42. The highest BCUT2D eigenvalue weighted by Gasteiger charge is 2.35. The van der Waals surface area contributed by atoms with E-state index in [0.717, 1.165) is 15.3 Å². The van der Waals surface area contributed by atoms with Gasteiger partial charge in [-0.3, -0.25) is 4.31 Å². The molecule has 0 spiro atoms. The maximum atomic E-state index is 13.2. The van der Waals surface area contributed by atoms with E-state index in [1.807, 2.05) is 6.92 Å². The largest absolute Gasteiger partial charge is 0.264 e. The van der Waals surface area contributed by atoms with Gasteiger partial charge < -0.3 is 0 Å². The number of benzene rings is 2. The van der Waals surface area contributed by atoms with Gasteiger partial charge in [0, 0.05) is 10.4 Å². The van der Waals surface area contributed by atoms with Gasteiger partial charge in [-0.15, -0.1) is 0 Å². The lowest BCUT2D eigenvalue weighted by Gasteiger charge is -2.29. The van der Waals surface area contributed by atoms with Crippen molar-refractivity contribution in [2.24, 2.45) is 0 Å². The smallest absolute Gasteiger partial charge is 0.258 e. The second-order valence-electron chi connectivity index (χ2n) is 5.82. The Balaban J connectivity index is 2.14. The van der Waals surface area contributed by atoms with Crippen molar-refractivity contribution in [2.45, 2.75) is 17.9 Å². The summed E-state index contributed by atoms with van der Waals surface area (Å²) in [6.45, 7) is 1.86. The number of anilines is 1. The summed E-state index contributed by atoms with van der Waals surface area (Å²) in [5.41, 5.74) is 1.25. The summed E-state index contributed by atoms with van der Waals surface area (Å²) >= 11 is 6.01. The summed E-state index contributed by atoms with van der Waals surface area (Å²) in [4.78, 5) is 0.0933. The van der Waals surface area contributed by atoms with Crippen molar-refractivity contribution in [3.8, 4) is 0 Å². The van der Waals surface area contributed by atoms with Crippen molar-refractivity contribution in [3.05, 3.63) is 70.6 Å². The number of hydrogen-bond acceptors (Lipinski definition) is 4. The molecule has 1 unspecified atom stereocenters. The normalized spacial score (nSPS) is 19.0. The molecule has 0 N–H and O–H groups in total. The molecule has 25 heavy (non-hydrogen) atoms. The fourth-order valence-electron chi connectivity index (χ4n) is 2.65. The van der Waals surface area contributed by atoms with Gasteiger partial charge in [0.1, 0.15) is 0 Å². The maximum Gasteiger partial charge on any atom is 0.264 e. The van der Waals surface area contributed by atoms with Crippen molar-refractivity contribution in [1.82, 2.24) is 0 Å². The predicted octanol–water partition coefficient (Wildman–Crippen LogP) is 3.15. The SMILES string of the molecule is Cc1ccc(S(=O)(=O)N(c2cccc(Cl)c2)C2C=CS(=O)(=O)C2)cc1. The molecule has 0 radical (unpaired) electrons. The third kappa shape index (κ3) is 3.73. The number of aryl methyl sites for hydroxylation is 1. The fraction of sp³-hybridized carbons (Fsp3) is 0.176. The van der Waals surface area contributed by atoms with Crippen molar-refractivity contribution in [3.63, 3.8) is 0 Å². The lowest BCUT2D eigenvalue weighted by Crippen LogP contribution is -2.41. The van der Waals surface area contributed by atoms with Crippen LogP contribution < -0.4 is 4.31 Å². The second-order valence-corrected chi connectivity index (χ2v) is 10.0. The van der Waals surface area contributed by atoms with Gasteiger partial charge in [0.15, 0.2) is 9.84 Å². The lowest BCUT2D eigenvalue weighted by atomic mass is 10.2. The number of rotatable bonds is 4. The zero-order valence-corrected chi connectivity index (χ0v) is 15.7. The van der Waals surface area contributed by atoms with Gasteiger partial charge in [-0.2, -0.15) is 0 Å². The standard InChI is InChI=1S/C17H16ClNO4S2/c1-13-5-7-17(8-6-13)25(22,23)19(15-4-2-3-14(18)11-15)16-9-10-24(20,21)12-16/h2-11,16H,12H2,1H3. The van der Waals surface area contributed by atoms with Crippen LogP contribution in [0.15, 0.2) is 64.9 Å². The monoisotopic (exact) mass is 397 g/mol. The summed E-state index contributed by atoms with van der Waals surface area (Å²) < 4.78 is 51.2. The van der Waals surface area contributed by atoms with Crippen molar-refractivity contribution >= 4 is 37.1 Å². The average molecular weight is 398 g/mol. The first-order valence-electron chi connectivity index (χ1n) is 7.47. The highest BCUT2D eigenvalue weighted by atomic mass is 35.5. The molecule has 0 bridgehead atoms. The molecular formula is C17H16ClNO4S2. The van der Waals surface area contributed by atoms with E-state index < -0.39 is 25.9 Å². The molecule has 2 aromatic rings. The number of sulfone groups is 1. The number of nitrogens with zero attached hydrogens (tertiary/aromatic N) is 1. The molecule has 0 saturated carbocycles. The van der Waals surface area contributed by atoms with Gasteiger partial charge in [-0.05, 0) is 43.3 Å². The summed E-state index contributed by atoms with van der Waals surface area (Å²) in [5.74, 6) is -0.301. The van der Waals surface area contributed by atoms with E-state index in [4.69, 9.17) is 11.6 Å². The molecule has 0 saturated heterocycles. The molecule has 0 fully saturated rings. The van der Waals surface area contributed by atoms with E-state index in [2.05, 4.69) is 0 Å². The van der Waals surface area contributed by atoms with Gasteiger partial charge in [-0.25, -0.2) is 16.8 Å². The van der Waals surface area contributed by atoms with Gasteiger partial charge in [0.2, 0.25) is 0 Å². The Morgan fingerprint density at radius 1 is 1.12 bits per heavy atom. The topological polar surface area (TPSA) is 71.5 Å². The number of hydrogen-bond donors (Lipinski definition) is 0. The van der Waals surface area contributed by atoms with Crippen LogP contribution in [-0.2, 0) is 19.9 Å². The minimum Gasteiger partial charge on any atom is -0.258 e. The van der Waals surface area contributed by atoms with Crippen LogP contribution in [-0.4, -0.2) is 28.6 Å². The van der Waals surface area contributed by atoms with Crippen LogP contribution in [0.1, 0.15) is 5.56 Å². The molecule has 132 valence electrons. The molecule has 1 heterocycles. The number of sulfonamides is 1. The minimum absolute atomic E-state index is 0.0933. The first kappa shape index (κ1) is 18.0. The minimum atomic E-state index is -3.96. The molecule has 0 aliphatic carbocycles. The highest BCUT2D eigenvalue weighted by Crippen LogP contribution is 2.31. The Labute approximate surface area is 152 Å². The summed E-state index contributed by atoms with van der Waals surface area (Å²) in [6, 6.07) is 11.9. The van der Waals surface area contributed by atoms with Crippen LogP contribution in [0.4, 0.5) is 5.69 Å². The van der Waals surface area contributed by atoms with Crippen LogP contribution in [0.25, 0.3) is 0 Å². The van der Waals surface area contributed by atoms with E-state index in [0.29, 0.717) is 10.7 Å². The second kappa shape index (κ2) is 6.48. The van der Waals surface area contributed by atoms with Crippen LogP contribution in [0, 0.1) is 6.92 Å². The molecule has 8 heteroatoms. The van der Waals surface area contributed by atoms with E-state index in [1.54, 1.807) is 30.3 Å². The van der Waals surface area contributed by atoms with Crippen molar-refractivity contribution in [1.29, 1.82) is 0 Å². The van der Waals surface area contributed by atoms with Crippen LogP contribution in [0.2, 0.25) is 5.02 Å². The molecule has 1 aliphatic rings. The first-order chi connectivity index (χ1) is 11.7. The Kier molecular flexibility index (Phi) is 4.66. The third-order valence-electron chi connectivity index (χ3n) is 3.85. The Bertz CT molecular complexity index is 1030. The molecule has 1 atom stereocenters. The predicted molar refractivity (Wildman–Crippen MR) is 99.0 cm³/mol. The van der Waals surface area contributed by atoms with Crippen LogP contribution >= 0.6 is 11.6 Å². The zero-order valence-electron chi connectivity index (χ0n) is 13.3. The molecular weight excluding hydrogens is 382 g/mol. The van der Waals surface area contributed by atoms with Crippen LogP contribution in [0.5, 0.6) is 0 Å². The molecule has 1 aliphatic heterocycles. The van der Waals surface area contributed by atoms with Gasteiger partial charge in [-0.1, -0.05) is 35.4 Å². The summed E-state index contributed by atoms with van der Waals surface area (Å²) in [6.07, 6.45) is 1.39. The van der Waals surface area contributed by atoms with Gasteiger partial charge >= 0.3 is 0 Å². The van der Waals surface area contributed by atoms with E-state index >= 15 is 0 Å². The third-order valence-corrected chi connectivity index (χ3v) is 7.33. The quantitative estimate of drug-likeness (QED) is 0.794. The molecule has 0 amide bonds. The van der Waals surface area contributed by atoms with Crippen molar-refractivity contribution < 1.29 is 16.8 Å². The average Bonchev–Trinajstić information content (AvgIpc) is 2.87. The van der Waals surface area contributed by atoms with Gasteiger partial charge in [0.05, 0.1) is 22.4 Å². The Hall–Kier alpha value is -1.83. The lowest BCUT2D eigenvalue weighted by molar-refractivity contribution is 0.586. The number of halogens is 1. The zero-order chi connectivity index (χ0) is 18.2. The molecule has 3 rings (SSSR count). The first-order valence-corrected chi connectivity index (χ1v) is 11.0. The molecule has 0 aromatic heterocycles. The van der Waals surface area contributed by atoms with E-state index in [1.165, 1.54) is 24.3 Å². The van der Waals surface area contributed by atoms with E-state index in [9.17, 15) is 16.8 Å². The Morgan fingerprint density at radius 3 is 2.36 bits per heavy atom. The van der Waals surface area contributed by atoms with Crippen molar-refractivity contribution in [2.75, 3.05) is 10.1 Å². The van der Waals surface area contributed by atoms with Crippen LogP contribution in [0.3, 0.4) is 0 Å². The molecule has 2 aromatic carbocycles. The highest BCUT2D eigenvalue weighted by molar-refractivity contribution is 7.95. The van der Waals surface area contributed by atoms with Gasteiger partial charge in [0.25, 0.3) is 10.0 Å². The van der Waals surface area contributed by atoms with E-state index in [-0.39, 0.29) is 10.6 Å².